The Balaban J connectivity index is 1.35. The van der Waals surface area contributed by atoms with Crippen LogP contribution in [-0.2, 0) is 16.0 Å². The lowest BCUT2D eigenvalue weighted by Gasteiger charge is -2.51. The van der Waals surface area contributed by atoms with Gasteiger partial charge in [-0.1, -0.05) is 6.92 Å². The highest BCUT2D eigenvalue weighted by Crippen LogP contribution is 2.40. The first-order chi connectivity index (χ1) is 13.3. The number of aryl methyl sites for hydroxylation is 1. The maximum atomic E-state index is 12.8. The quantitative estimate of drug-likeness (QED) is 0.805. The molecule has 4 rings (SSSR count). The summed E-state index contributed by atoms with van der Waals surface area (Å²) in [6.07, 6.45) is 4.74. The first-order valence-electron chi connectivity index (χ1n) is 10.4. The number of ether oxygens (including phenoxy) is 1. The molecule has 7 heteroatoms. The van der Waals surface area contributed by atoms with Gasteiger partial charge in [0.1, 0.15) is 0 Å². The number of carbonyl (C=O) groups is 2. The Morgan fingerprint density at radius 1 is 1.32 bits per heavy atom. The number of carbonyl (C=O) groups excluding carboxylic acids is 2. The van der Waals surface area contributed by atoms with Crippen LogP contribution in [0.5, 0.6) is 0 Å². The van der Waals surface area contributed by atoms with Crippen molar-refractivity contribution in [3.63, 3.8) is 0 Å². The number of nitrogens with one attached hydrogen (secondary N) is 1. The van der Waals surface area contributed by atoms with Crippen LogP contribution in [0.3, 0.4) is 0 Å². The van der Waals surface area contributed by atoms with Crippen LogP contribution in [-0.4, -0.2) is 58.8 Å². The van der Waals surface area contributed by atoms with Gasteiger partial charge in [0.2, 0.25) is 5.91 Å². The van der Waals surface area contributed by atoms with E-state index in [-0.39, 0.29) is 23.8 Å². The van der Waals surface area contributed by atoms with Gasteiger partial charge in [0.05, 0.1) is 28.7 Å². The third-order valence-electron chi connectivity index (χ3n) is 6.43. The molecule has 154 valence electrons. The van der Waals surface area contributed by atoms with Crippen molar-refractivity contribution in [2.75, 3.05) is 19.7 Å². The Morgan fingerprint density at radius 3 is 2.61 bits per heavy atom. The molecule has 2 saturated heterocycles. The molecule has 28 heavy (non-hydrogen) atoms. The highest BCUT2D eigenvalue weighted by Gasteiger charge is 2.50. The van der Waals surface area contributed by atoms with E-state index in [0.29, 0.717) is 39.0 Å². The number of nitrogens with zero attached hydrogens (tertiary/aromatic N) is 1. The Labute approximate surface area is 170 Å². The van der Waals surface area contributed by atoms with Crippen molar-refractivity contribution in [2.45, 2.75) is 69.6 Å². The van der Waals surface area contributed by atoms with Crippen LogP contribution in [0.2, 0.25) is 0 Å². The van der Waals surface area contributed by atoms with E-state index < -0.39 is 11.2 Å². The van der Waals surface area contributed by atoms with E-state index in [1.54, 1.807) is 18.3 Å². The molecule has 0 aromatic carbocycles. The van der Waals surface area contributed by atoms with Gasteiger partial charge in [-0.3, -0.25) is 9.59 Å². The Hall–Kier alpha value is -1.44. The van der Waals surface area contributed by atoms with Gasteiger partial charge in [-0.25, -0.2) is 0 Å². The summed E-state index contributed by atoms with van der Waals surface area (Å²) in [5, 5.41) is 14.0. The van der Waals surface area contributed by atoms with Crippen molar-refractivity contribution in [2.24, 2.45) is 5.92 Å². The molecule has 2 N–H and O–H groups in total. The summed E-state index contributed by atoms with van der Waals surface area (Å²) in [7, 11) is 0. The van der Waals surface area contributed by atoms with E-state index in [1.807, 2.05) is 17.0 Å². The fourth-order valence-electron chi connectivity index (χ4n) is 4.38. The van der Waals surface area contributed by atoms with Crippen molar-refractivity contribution in [1.29, 1.82) is 0 Å². The average molecular weight is 407 g/mol. The summed E-state index contributed by atoms with van der Waals surface area (Å²) in [6.45, 7) is 5.48. The van der Waals surface area contributed by atoms with Crippen molar-refractivity contribution >= 4 is 23.2 Å². The topological polar surface area (TPSA) is 78.9 Å². The standard InChI is InChI=1S/C21H30N2O4S/c1-3-15-6-7-16(28-15)19(25)23-10-8-21(9-11-23)13-20(2,26)17(12-27-21)22-18(24)14-4-5-14/h6-7,14,17,26H,3-5,8-13H2,1-2H3,(H,22,24)/t17-,20-/m0/s1. The molecule has 2 atom stereocenters. The highest BCUT2D eigenvalue weighted by atomic mass is 32.1. The monoisotopic (exact) mass is 406 g/mol. The van der Waals surface area contributed by atoms with Gasteiger partial charge in [-0.15, -0.1) is 11.3 Å². The second-order valence-corrected chi connectivity index (χ2v) is 9.94. The molecular weight excluding hydrogens is 376 g/mol. The zero-order valence-electron chi connectivity index (χ0n) is 16.7. The Kier molecular flexibility index (Phi) is 5.27. The number of aliphatic hydroxyl groups is 1. The van der Waals surface area contributed by atoms with Crippen LogP contribution in [0.4, 0.5) is 0 Å². The molecule has 1 aromatic heterocycles. The minimum Gasteiger partial charge on any atom is -0.388 e. The average Bonchev–Trinajstić information content (AvgIpc) is 3.41. The SMILES string of the molecule is CCc1ccc(C(=O)N2CCC3(CC2)C[C@](C)(O)[C@@H](NC(=O)C2CC2)CO3)s1. The molecule has 2 amide bonds. The summed E-state index contributed by atoms with van der Waals surface area (Å²) in [6, 6.07) is 3.58. The number of thiophene rings is 1. The molecule has 3 heterocycles. The fraction of sp³-hybridized carbons (Fsp3) is 0.714. The van der Waals surface area contributed by atoms with Gasteiger partial charge < -0.3 is 20.1 Å². The molecule has 3 fully saturated rings. The lowest BCUT2D eigenvalue weighted by molar-refractivity contribution is -0.187. The van der Waals surface area contributed by atoms with Crippen molar-refractivity contribution in [3.05, 3.63) is 21.9 Å². The highest BCUT2D eigenvalue weighted by molar-refractivity contribution is 7.14. The summed E-state index contributed by atoms with van der Waals surface area (Å²) in [5.41, 5.74) is -1.41. The first kappa shape index (κ1) is 19.9. The lowest BCUT2D eigenvalue weighted by atomic mass is 9.75. The van der Waals surface area contributed by atoms with E-state index in [4.69, 9.17) is 4.74 Å². The summed E-state index contributed by atoms with van der Waals surface area (Å²) >= 11 is 1.57. The number of amides is 2. The molecule has 1 aromatic rings. The van der Waals surface area contributed by atoms with Crippen LogP contribution < -0.4 is 5.32 Å². The maximum Gasteiger partial charge on any atom is 0.263 e. The molecule has 1 spiro atoms. The van der Waals surface area contributed by atoms with Crippen LogP contribution in [0, 0.1) is 5.92 Å². The zero-order valence-corrected chi connectivity index (χ0v) is 17.5. The summed E-state index contributed by atoms with van der Waals surface area (Å²) in [5.74, 6) is 0.246. The minimum absolute atomic E-state index is 0.0348. The predicted molar refractivity (Wildman–Crippen MR) is 107 cm³/mol. The molecule has 0 radical (unpaired) electrons. The molecule has 2 aliphatic heterocycles. The minimum atomic E-state index is -1.00. The lowest BCUT2D eigenvalue weighted by Crippen LogP contribution is -2.64. The van der Waals surface area contributed by atoms with Crippen LogP contribution in [0.1, 0.15) is 60.5 Å². The molecule has 6 nitrogen and oxygen atoms in total. The largest absolute Gasteiger partial charge is 0.388 e. The fourth-order valence-corrected chi connectivity index (χ4v) is 5.29. The second-order valence-electron chi connectivity index (χ2n) is 8.78. The Bertz CT molecular complexity index is 747. The molecular formula is C21H30N2O4S. The van der Waals surface area contributed by atoms with E-state index in [1.165, 1.54) is 4.88 Å². The Morgan fingerprint density at radius 2 is 2.04 bits per heavy atom. The van der Waals surface area contributed by atoms with Gasteiger partial charge in [0.15, 0.2) is 0 Å². The van der Waals surface area contributed by atoms with Crippen molar-refractivity contribution in [1.82, 2.24) is 10.2 Å². The van der Waals surface area contributed by atoms with Gasteiger partial charge in [-0.2, -0.15) is 0 Å². The van der Waals surface area contributed by atoms with Crippen molar-refractivity contribution in [3.8, 4) is 0 Å². The third-order valence-corrected chi connectivity index (χ3v) is 7.65. The number of piperidine rings is 1. The summed E-state index contributed by atoms with van der Waals surface area (Å²) in [4.78, 5) is 28.8. The number of hydrogen-bond donors (Lipinski definition) is 2. The summed E-state index contributed by atoms with van der Waals surface area (Å²) < 4.78 is 6.20. The normalized spacial score (nSPS) is 29.7. The number of rotatable bonds is 4. The zero-order chi connectivity index (χ0) is 19.9. The molecule has 1 saturated carbocycles. The van der Waals surface area contributed by atoms with E-state index in [0.717, 1.165) is 24.1 Å². The molecule has 0 bridgehead atoms. The second kappa shape index (κ2) is 7.43. The van der Waals surface area contributed by atoms with Gasteiger partial charge in [0.25, 0.3) is 5.91 Å². The van der Waals surface area contributed by atoms with E-state index in [9.17, 15) is 14.7 Å². The molecule has 3 aliphatic rings. The predicted octanol–water partition coefficient (Wildman–Crippen LogP) is 2.35. The van der Waals surface area contributed by atoms with Gasteiger partial charge in [-0.05, 0) is 51.2 Å². The maximum absolute atomic E-state index is 12.8. The van der Waals surface area contributed by atoms with Gasteiger partial charge in [0, 0.05) is 30.3 Å². The van der Waals surface area contributed by atoms with Crippen LogP contribution in [0.25, 0.3) is 0 Å². The first-order valence-corrected chi connectivity index (χ1v) is 11.2. The van der Waals surface area contributed by atoms with E-state index >= 15 is 0 Å². The number of hydrogen-bond acceptors (Lipinski definition) is 5. The smallest absolute Gasteiger partial charge is 0.263 e. The number of likely N-dealkylation sites (tertiary alicyclic amines) is 1. The van der Waals surface area contributed by atoms with E-state index in [2.05, 4.69) is 12.2 Å². The molecule has 0 unspecified atom stereocenters. The van der Waals surface area contributed by atoms with Crippen molar-refractivity contribution < 1.29 is 19.4 Å². The van der Waals surface area contributed by atoms with Crippen LogP contribution >= 0.6 is 11.3 Å². The van der Waals surface area contributed by atoms with Gasteiger partial charge >= 0.3 is 0 Å². The van der Waals surface area contributed by atoms with Crippen LogP contribution in [0.15, 0.2) is 12.1 Å². The third kappa shape index (κ3) is 3.98. The molecule has 1 aliphatic carbocycles.